The number of amides is 3. The predicted octanol–water partition coefficient (Wildman–Crippen LogP) is 4.02. The Kier molecular flexibility index (Phi) is 6.70. The highest BCUT2D eigenvalue weighted by molar-refractivity contribution is 6.04. The van der Waals surface area contributed by atoms with E-state index < -0.39 is 5.91 Å². The molecule has 3 N–H and O–H groups in total. The van der Waals surface area contributed by atoms with Crippen LogP contribution < -0.4 is 11.1 Å². The minimum absolute atomic E-state index is 0.185. The summed E-state index contributed by atoms with van der Waals surface area (Å²) in [5, 5.41) is 7.99. The van der Waals surface area contributed by atoms with E-state index in [0.29, 0.717) is 29.8 Å². The van der Waals surface area contributed by atoms with Gasteiger partial charge in [-0.1, -0.05) is 48.5 Å². The fraction of sp³-hybridized carbons (Fsp3) is 0.290. The van der Waals surface area contributed by atoms with E-state index in [1.54, 1.807) is 10.7 Å². The number of hydrogen-bond acceptors (Lipinski definition) is 5. The van der Waals surface area contributed by atoms with Gasteiger partial charge in [-0.05, 0) is 66.6 Å². The number of primary amides is 1. The molecule has 2 aliphatic heterocycles. The average molecular weight is 522 g/mol. The van der Waals surface area contributed by atoms with Gasteiger partial charge in [-0.15, -0.1) is 0 Å². The smallest absolute Gasteiger partial charge is 0.250 e. The first kappa shape index (κ1) is 25.0. The SMILES string of the molecule is NC(=O)c1cccc2cn(-c3ccc([C@@H]4CCCN(Cc5ccccc5C5CCC(=O)NC5=O)C4)cc3)nc12. The molecule has 39 heavy (non-hydrogen) atoms. The number of rotatable bonds is 6. The third-order valence-corrected chi connectivity index (χ3v) is 8.00. The third-order valence-electron chi connectivity index (χ3n) is 8.00. The van der Waals surface area contributed by atoms with Crippen molar-refractivity contribution in [1.82, 2.24) is 20.0 Å². The molecule has 2 saturated heterocycles. The second-order valence-electron chi connectivity index (χ2n) is 10.5. The summed E-state index contributed by atoms with van der Waals surface area (Å²) in [5.74, 6) is -0.720. The largest absolute Gasteiger partial charge is 0.366 e. The maximum absolute atomic E-state index is 12.5. The van der Waals surface area contributed by atoms with Crippen LogP contribution in [0.15, 0.2) is 72.9 Å². The molecule has 0 saturated carbocycles. The van der Waals surface area contributed by atoms with Crippen LogP contribution >= 0.6 is 0 Å². The summed E-state index contributed by atoms with van der Waals surface area (Å²) in [6.07, 6.45) is 5.09. The predicted molar refractivity (Wildman–Crippen MR) is 148 cm³/mol. The van der Waals surface area contributed by atoms with Crippen molar-refractivity contribution in [3.8, 4) is 5.69 Å². The second-order valence-corrected chi connectivity index (χ2v) is 10.5. The zero-order valence-electron chi connectivity index (χ0n) is 21.7. The van der Waals surface area contributed by atoms with Crippen LogP contribution in [0.4, 0.5) is 0 Å². The van der Waals surface area contributed by atoms with Crippen molar-refractivity contribution >= 4 is 28.6 Å². The molecule has 8 nitrogen and oxygen atoms in total. The zero-order valence-corrected chi connectivity index (χ0v) is 21.7. The Morgan fingerprint density at radius 3 is 2.62 bits per heavy atom. The van der Waals surface area contributed by atoms with Gasteiger partial charge in [0.05, 0.1) is 17.2 Å². The van der Waals surface area contributed by atoms with Gasteiger partial charge < -0.3 is 5.73 Å². The lowest BCUT2D eigenvalue weighted by Gasteiger charge is -2.34. The maximum atomic E-state index is 12.5. The molecule has 0 radical (unpaired) electrons. The number of carbonyl (C=O) groups is 3. The van der Waals surface area contributed by atoms with Gasteiger partial charge in [0.25, 0.3) is 5.91 Å². The number of carbonyl (C=O) groups excluding carboxylic acids is 3. The molecule has 2 fully saturated rings. The van der Waals surface area contributed by atoms with Gasteiger partial charge in [0.1, 0.15) is 5.52 Å². The lowest BCUT2D eigenvalue weighted by Crippen LogP contribution is -2.40. The fourth-order valence-corrected chi connectivity index (χ4v) is 6.00. The number of imide groups is 1. The van der Waals surface area contributed by atoms with Crippen molar-refractivity contribution in [2.24, 2.45) is 5.73 Å². The molecule has 6 rings (SSSR count). The quantitative estimate of drug-likeness (QED) is 0.373. The van der Waals surface area contributed by atoms with E-state index >= 15 is 0 Å². The van der Waals surface area contributed by atoms with Gasteiger partial charge in [-0.2, -0.15) is 5.10 Å². The van der Waals surface area contributed by atoms with E-state index in [1.807, 2.05) is 36.5 Å². The van der Waals surface area contributed by atoms with E-state index in [1.165, 1.54) is 5.56 Å². The molecule has 3 aromatic carbocycles. The third kappa shape index (κ3) is 5.07. The Balaban J connectivity index is 1.17. The highest BCUT2D eigenvalue weighted by Crippen LogP contribution is 2.32. The average Bonchev–Trinajstić information content (AvgIpc) is 3.38. The monoisotopic (exact) mass is 521 g/mol. The molecule has 4 aromatic rings. The summed E-state index contributed by atoms with van der Waals surface area (Å²) in [5.41, 5.74) is 11.0. The van der Waals surface area contributed by atoms with Crippen molar-refractivity contribution in [3.63, 3.8) is 0 Å². The molecule has 0 spiro atoms. The Bertz CT molecular complexity index is 1560. The molecule has 3 amide bonds. The summed E-state index contributed by atoms with van der Waals surface area (Å²) in [6.45, 7) is 2.74. The molecule has 1 unspecified atom stereocenters. The molecule has 198 valence electrons. The van der Waals surface area contributed by atoms with Gasteiger partial charge in [-0.25, -0.2) is 4.68 Å². The summed E-state index contributed by atoms with van der Waals surface area (Å²) < 4.78 is 1.79. The van der Waals surface area contributed by atoms with Gasteiger partial charge in [0, 0.05) is 31.1 Å². The molecule has 0 bridgehead atoms. The van der Waals surface area contributed by atoms with Crippen LogP contribution in [0.3, 0.4) is 0 Å². The van der Waals surface area contributed by atoms with E-state index in [-0.39, 0.29) is 17.7 Å². The molecule has 8 heteroatoms. The van der Waals surface area contributed by atoms with Crippen LogP contribution in [0.2, 0.25) is 0 Å². The Morgan fingerprint density at radius 1 is 1.00 bits per heavy atom. The molecule has 1 aromatic heterocycles. The first-order valence-electron chi connectivity index (χ1n) is 13.5. The molecule has 3 heterocycles. The van der Waals surface area contributed by atoms with E-state index in [9.17, 15) is 14.4 Å². The lowest BCUT2D eigenvalue weighted by molar-refractivity contribution is -0.134. The Labute approximate surface area is 226 Å². The Morgan fingerprint density at radius 2 is 1.82 bits per heavy atom. The van der Waals surface area contributed by atoms with Crippen molar-refractivity contribution in [3.05, 3.63) is 95.2 Å². The Hall–Kier alpha value is -4.30. The van der Waals surface area contributed by atoms with Gasteiger partial charge in [0.15, 0.2) is 0 Å². The van der Waals surface area contributed by atoms with Gasteiger partial charge in [0.2, 0.25) is 11.8 Å². The number of nitrogens with one attached hydrogen (secondary N) is 1. The zero-order chi connectivity index (χ0) is 26.9. The topological polar surface area (TPSA) is 110 Å². The first-order chi connectivity index (χ1) is 19.0. The molecular formula is C31H31N5O3. The molecule has 0 aliphatic carbocycles. The van der Waals surface area contributed by atoms with Crippen molar-refractivity contribution in [1.29, 1.82) is 0 Å². The standard InChI is InChI=1S/C31H31N5O3/c32-30(38)27-9-3-6-23-19-36(34-29(23)27)24-12-10-20(11-13-24)21-7-4-16-35(17-21)18-22-5-1-2-8-25(22)26-14-15-28(37)33-31(26)39/h1-3,5-6,8-13,19,21,26H,4,7,14-18H2,(H2,32,38)(H,33,37,39)/t21-,26?/m1/s1. The summed E-state index contributed by atoms with van der Waals surface area (Å²) in [7, 11) is 0. The number of aromatic nitrogens is 2. The number of fused-ring (bicyclic) bond motifs is 1. The number of hydrogen-bond donors (Lipinski definition) is 2. The fourth-order valence-electron chi connectivity index (χ4n) is 6.00. The van der Waals surface area contributed by atoms with Crippen LogP contribution in [0.25, 0.3) is 16.6 Å². The number of nitrogens with two attached hydrogens (primary N) is 1. The summed E-state index contributed by atoms with van der Waals surface area (Å²) in [4.78, 5) is 38.4. The van der Waals surface area contributed by atoms with Crippen LogP contribution in [0.1, 0.15) is 64.6 Å². The van der Waals surface area contributed by atoms with E-state index in [2.05, 4.69) is 45.6 Å². The van der Waals surface area contributed by atoms with Gasteiger partial charge in [-0.3, -0.25) is 24.6 Å². The second kappa shape index (κ2) is 10.5. The lowest BCUT2D eigenvalue weighted by atomic mass is 9.86. The maximum Gasteiger partial charge on any atom is 0.250 e. The first-order valence-corrected chi connectivity index (χ1v) is 13.5. The minimum Gasteiger partial charge on any atom is -0.366 e. The number of nitrogens with zero attached hydrogens (tertiary/aromatic N) is 3. The summed E-state index contributed by atoms with van der Waals surface area (Å²) in [6, 6.07) is 22.1. The van der Waals surface area contributed by atoms with E-state index in [4.69, 9.17) is 5.73 Å². The number of likely N-dealkylation sites (tertiary alicyclic amines) is 1. The minimum atomic E-state index is -0.484. The normalized spacial score (nSPS) is 20.2. The van der Waals surface area contributed by atoms with Crippen molar-refractivity contribution < 1.29 is 14.4 Å². The van der Waals surface area contributed by atoms with Crippen LogP contribution in [-0.2, 0) is 16.1 Å². The molecular weight excluding hydrogens is 490 g/mol. The number of benzene rings is 3. The van der Waals surface area contributed by atoms with Crippen LogP contribution in [0.5, 0.6) is 0 Å². The van der Waals surface area contributed by atoms with E-state index in [0.717, 1.165) is 54.7 Å². The molecule has 2 atom stereocenters. The van der Waals surface area contributed by atoms with Crippen LogP contribution in [-0.4, -0.2) is 45.5 Å². The van der Waals surface area contributed by atoms with Crippen LogP contribution in [0, 0.1) is 0 Å². The molecule has 2 aliphatic rings. The number of piperidine rings is 2. The summed E-state index contributed by atoms with van der Waals surface area (Å²) >= 11 is 0. The van der Waals surface area contributed by atoms with Gasteiger partial charge >= 0.3 is 0 Å². The highest BCUT2D eigenvalue weighted by atomic mass is 16.2. The van der Waals surface area contributed by atoms with Crippen molar-refractivity contribution in [2.75, 3.05) is 13.1 Å². The highest BCUT2D eigenvalue weighted by Gasteiger charge is 2.30. The van der Waals surface area contributed by atoms with Crippen molar-refractivity contribution in [2.45, 2.75) is 44.1 Å².